The van der Waals surface area contributed by atoms with Gasteiger partial charge in [-0.2, -0.15) is 0 Å². The summed E-state index contributed by atoms with van der Waals surface area (Å²) in [5.41, 5.74) is 3.03. The van der Waals surface area contributed by atoms with Gasteiger partial charge in [0, 0.05) is 14.1 Å². The van der Waals surface area contributed by atoms with Crippen LogP contribution >= 0.6 is 11.6 Å². The van der Waals surface area contributed by atoms with Crippen LogP contribution in [0.5, 0.6) is 0 Å². The molecule has 3 rings (SSSR count). The molecule has 0 saturated heterocycles. The minimum atomic E-state index is -0.333. The second-order valence-corrected chi connectivity index (χ2v) is 5.26. The largest absolute Gasteiger partial charge is 0.376 e. The standard InChI is InChI=1S/C16H15ClFN3/c1-20(2)12-7-3-4-8-13(12)21-14-9-5-6-11(18)16(14)19-15(21)10-17/h3-9H,10H2,1-2H3. The fourth-order valence-electron chi connectivity index (χ4n) is 2.50. The Labute approximate surface area is 127 Å². The fourth-order valence-corrected chi connectivity index (χ4v) is 2.68. The first-order valence-electron chi connectivity index (χ1n) is 6.62. The van der Waals surface area contributed by atoms with E-state index in [1.54, 1.807) is 6.07 Å². The van der Waals surface area contributed by atoms with E-state index >= 15 is 0 Å². The Morgan fingerprint density at radius 2 is 1.90 bits per heavy atom. The van der Waals surface area contributed by atoms with Gasteiger partial charge < -0.3 is 4.90 Å². The average molecular weight is 304 g/mol. The predicted molar refractivity (Wildman–Crippen MR) is 84.9 cm³/mol. The van der Waals surface area contributed by atoms with Crippen molar-refractivity contribution in [3.63, 3.8) is 0 Å². The van der Waals surface area contributed by atoms with Crippen molar-refractivity contribution in [3.8, 4) is 5.69 Å². The van der Waals surface area contributed by atoms with Crippen molar-refractivity contribution < 1.29 is 4.39 Å². The highest BCUT2D eigenvalue weighted by Gasteiger charge is 2.17. The molecule has 0 radical (unpaired) electrons. The first kappa shape index (κ1) is 13.9. The number of aromatic nitrogens is 2. The summed E-state index contributed by atoms with van der Waals surface area (Å²) < 4.78 is 15.9. The zero-order valence-corrected chi connectivity index (χ0v) is 12.6. The lowest BCUT2D eigenvalue weighted by Gasteiger charge is -2.19. The molecule has 1 aromatic heterocycles. The Bertz CT molecular complexity index is 795. The van der Waals surface area contributed by atoms with Crippen molar-refractivity contribution in [2.45, 2.75) is 5.88 Å². The van der Waals surface area contributed by atoms with Gasteiger partial charge in [0.25, 0.3) is 0 Å². The van der Waals surface area contributed by atoms with E-state index < -0.39 is 0 Å². The maximum atomic E-state index is 14.0. The normalized spacial score (nSPS) is 11.0. The molecule has 0 bridgehead atoms. The second kappa shape index (κ2) is 5.37. The van der Waals surface area contributed by atoms with Crippen LogP contribution in [0.25, 0.3) is 16.7 Å². The van der Waals surface area contributed by atoms with Gasteiger partial charge in [-0.1, -0.05) is 18.2 Å². The number of rotatable bonds is 3. The number of imidazole rings is 1. The minimum absolute atomic E-state index is 0.218. The van der Waals surface area contributed by atoms with Crippen LogP contribution in [0.4, 0.5) is 10.1 Å². The van der Waals surface area contributed by atoms with Crippen LogP contribution < -0.4 is 4.90 Å². The van der Waals surface area contributed by atoms with E-state index in [0.717, 1.165) is 16.9 Å². The van der Waals surface area contributed by atoms with E-state index in [2.05, 4.69) is 4.98 Å². The number of hydrogen-bond donors (Lipinski definition) is 0. The number of alkyl halides is 1. The first-order valence-corrected chi connectivity index (χ1v) is 7.15. The lowest BCUT2D eigenvalue weighted by Crippen LogP contribution is -2.13. The smallest absolute Gasteiger partial charge is 0.151 e. The van der Waals surface area contributed by atoms with Gasteiger partial charge >= 0.3 is 0 Å². The van der Waals surface area contributed by atoms with Gasteiger partial charge in [0.1, 0.15) is 11.3 Å². The fraction of sp³-hybridized carbons (Fsp3) is 0.188. The van der Waals surface area contributed by atoms with Crippen LogP contribution in [0.1, 0.15) is 5.82 Å². The molecule has 0 amide bonds. The Balaban J connectivity index is 2.37. The monoisotopic (exact) mass is 303 g/mol. The number of hydrogen-bond acceptors (Lipinski definition) is 2. The van der Waals surface area contributed by atoms with Crippen molar-refractivity contribution >= 4 is 28.3 Å². The first-order chi connectivity index (χ1) is 10.1. The molecular weight excluding hydrogens is 289 g/mol. The Morgan fingerprint density at radius 1 is 1.14 bits per heavy atom. The summed E-state index contributed by atoms with van der Waals surface area (Å²) in [6, 6.07) is 12.9. The third-order valence-corrected chi connectivity index (χ3v) is 3.67. The van der Waals surface area contributed by atoms with E-state index in [0.29, 0.717) is 11.3 Å². The summed E-state index contributed by atoms with van der Waals surface area (Å²) in [4.78, 5) is 6.36. The molecule has 2 aromatic carbocycles. The van der Waals surface area contributed by atoms with E-state index in [4.69, 9.17) is 11.6 Å². The highest BCUT2D eigenvalue weighted by molar-refractivity contribution is 6.17. The minimum Gasteiger partial charge on any atom is -0.376 e. The van der Waals surface area contributed by atoms with Crippen LogP contribution in [-0.2, 0) is 5.88 Å². The van der Waals surface area contributed by atoms with Gasteiger partial charge in [-0.25, -0.2) is 9.37 Å². The summed E-state index contributed by atoms with van der Waals surface area (Å²) >= 11 is 6.02. The number of nitrogens with zero attached hydrogens (tertiary/aromatic N) is 3. The Kier molecular flexibility index (Phi) is 3.55. The van der Waals surface area contributed by atoms with Crippen molar-refractivity contribution in [2.24, 2.45) is 0 Å². The molecule has 21 heavy (non-hydrogen) atoms. The molecule has 0 aliphatic carbocycles. The molecule has 3 nitrogen and oxygen atoms in total. The number of anilines is 1. The molecule has 0 aliphatic rings. The van der Waals surface area contributed by atoms with Gasteiger partial charge in [0.05, 0.1) is 22.8 Å². The summed E-state index contributed by atoms with van der Waals surface area (Å²) in [5, 5.41) is 0. The van der Waals surface area contributed by atoms with Gasteiger partial charge in [-0.05, 0) is 24.3 Å². The number of halogens is 2. The molecule has 0 saturated carbocycles. The van der Waals surface area contributed by atoms with Crippen LogP contribution in [-0.4, -0.2) is 23.6 Å². The third-order valence-electron chi connectivity index (χ3n) is 3.43. The molecule has 1 heterocycles. The number of benzene rings is 2. The predicted octanol–water partition coefficient (Wildman–Crippen LogP) is 3.97. The quantitative estimate of drug-likeness (QED) is 0.683. The van der Waals surface area contributed by atoms with Crippen LogP contribution in [0.15, 0.2) is 42.5 Å². The van der Waals surface area contributed by atoms with Gasteiger partial charge in [-0.3, -0.25) is 4.57 Å². The van der Waals surface area contributed by atoms with Crippen molar-refractivity contribution in [3.05, 3.63) is 54.1 Å². The molecular formula is C16H15ClFN3. The average Bonchev–Trinajstić information content (AvgIpc) is 2.87. The molecule has 108 valence electrons. The number of para-hydroxylation sites is 3. The van der Waals surface area contributed by atoms with E-state index in [-0.39, 0.29) is 11.7 Å². The van der Waals surface area contributed by atoms with E-state index in [1.807, 2.05) is 53.9 Å². The van der Waals surface area contributed by atoms with E-state index in [1.165, 1.54) is 6.07 Å². The Morgan fingerprint density at radius 3 is 2.62 bits per heavy atom. The van der Waals surface area contributed by atoms with Gasteiger partial charge in [-0.15, -0.1) is 11.6 Å². The molecule has 5 heteroatoms. The maximum Gasteiger partial charge on any atom is 0.151 e. The lowest BCUT2D eigenvalue weighted by molar-refractivity contribution is 0.637. The van der Waals surface area contributed by atoms with Crippen LogP contribution in [0.2, 0.25) is 0 Å². The molecule has 0 aliphatic heterocycles. The highest BCUT2D eigenvalue weighted by Crippen LogP contribution is 2.29. The van der Waals surface area contributed by atoms with Crippen molar-refractivity contribution in [1.82, 2.24) is 9.55 Å². The maximum absolute atomic E-state index is 14.0. The summed E-state index contributed by atoms with van der Waals surface area (Å²) in [6.45, 7) is 0. The topological polar surface area (TPSA) is 21.1 Å². The van der Waals surface area contributed by atoms with Gasteiger partial charge in [0.15, 0.2) is 5.82 Å². The lowest BCUT2D eigenvalue weighted by atomic mass is 10.2. The third kappa shape index (κ3) is 2.25. The molecule has 0 atom stereocenters. The zero-order chi connectivity index (χ0) is 15.0. The molecule has 3 aromatic rings. The van der Waals surface area contributed by atoms with Crippen LogP contribution in [0, 0.1) is 5.82 Å². The second-order valence-electron chi connectivity index (χ2n) is 4.99. The molecule has 0 fully saturated rings. The van der Waals surface area contributed by atoms with Gasteiger partial charge in [0.2, 0.25) is 0 Å². The highest BCUT2D eigenvalue weighted by atomic mass is 35.5. The molecule has 0 unspecified atom stereocenters. The zero-order valence-electron chi connectivity index (χ0n) is 11.8. The van der Waals surface area contributed by atoms with Crippen molar-refractivity contribution in [1.29, 1.82) is 0 Å². The van der Waals surface area contributed by atoms with Crippen molar-refractivity contribution in [2.75, 3.05) is 19.0 Å². The number of fused-ring (bicyclic) bond motifs is 1. The van der Waals surface area contributed by atoms with Crippen LogP contribution in [0.3, 0.4) is 0 Å². The SMILES string of the molecule is CN(C)c1ccccc1-n1c(CCl)nc2c(F)cccc21. The summed E-state index contributed by atoms with van der Waals surface area (Å²) in [6.07, 6.45) is 0. The summed E-state index contributed by atoms with van der Waals surface area (Å²) in [5.74, 6) is 0.515. The molecule has 0 spiro atoms. The van der Waals surface area contributed by atoms with E-state index in [9.17, 15) is 4.39 Å². The Hall–Kier alpha value is -2.07. The summed E-state index contributed by atoms with van der Waals surface area (Å²) in [7, 11) is 3.94. The molecule has 0 N–H and O–H groups in total.